The Morgan fingerprint density at radius 2 is 2.08 bits per heavy atom. The molecule has 1 amide bonds. The van der Waals surface area contributed by atoms with Gasteiger partial charge in [0, 0.05) is 16.8 Å². The fourth-order valence-electron chi connectivity index (χ4n) is 3.16. The highest BCUT2D eigenvalue weighted by Crippen LogP contribution is 2.28. The molecule has 0 saturated heterocycles. The molecule has 2 heterocycles. The van der Waals surface area contributed by atoms with Gasteiger partial charge in [0.1, 0.15) is 5.56 Å². The summed E-state index contributed by atoms with van der Waals surface area (Å²) in [6, 6.07) is 9.51. The first-order chi connectivity index (χ1) is 11.6. The molecule has 0 radical (unpaired) electrons. The molecule has 1 aliphatic carbocycles. The van der Waals surface area contributed by atoms with Gasteiger partial charge in [0.05, 0.1) is 6.04 Å². The molecule has 6 heteroatoms. The molecule has 1 aromatic carbocycles. The van der Waals surface area contributed by atoms with Crippen LogP contribution in [0.25, 0.3) is 4.96 Å². The van der Waals surface area contributed by atoms with E-state index in [9.17, 15) is 9.59 Å². The van der Waals surface area contributed by atoms with Gasteiger partial charge >= 0.3 is 0 Å². The summed E-state index contributed by atoms with van der Waals surface area (Å²) in [5.41, 5.74) is 1.86. The van der Waals surface area contributed by atoms with Gasteiger partial charge in [-0.25, -0.2) is 4.98 Å². The maximum atomic E-state index is 12.8. The van der Waals surface area contributed by atoms with Crippen LogP contribution in [0, 0.1) is 0 Å². The summed E-state index contributed by atoms with van der Waals surface area (Å²) in [6.45, 7) is 1.90. The second-order valence-corrected chi connectivity index (χ2v) is 7.09. The number of carbonyl (C=O) groups excluding carboxylic acids is 1. The molecule has 0 fully saturated rings. The Bertz CT molecular complexity index is 975. The van der Waals surface area contributed by atoms with Crippen molar-refractivity contribution >= 4 is 22.2 Å². The number of rotatable bonds is 3. The zero-order valence-electron chi connectivity index (χ0n) is 13.3. The lowest BCUT2D eigenvalue weighted by atomic mass is 10.1. The summed E-state index contributed by atoms with van der Waals surface area (Å²) in [5.74, 6) is -0.379. The van der Waals surface area contributed by atoms with E-state index in [0.717, 1.165) is 30.5 Å². The second-order valence-electron chi connectivity index (χ2n) is 6.03. The smallest absolute Gasteiger partial charge is 0.271 e. The lowest BCUT2D eigenvalue weighted by Crippen LogP contribution is -2.33. The van der Waals surface area contributed by atoms with Crippen LogP contribution in [0.1, 0.15) is 45.9 Å². The van der Waals surface area contributed by atoms with Gasteiger partial charge in [-0.15, -0.1) is 11.3 Å². The van der Waals surface area contributed by atoms with Crippen LogP contribution in [-0.2, 0) is 12.8 Å². The van der Waals surface area contributed by atoms with Crippen LogP contribution in [0.2, 0.25) is 0 Å². The number of amides is 1. The topological polar surface area (TPSA) is 63.5 Å². The number of aryl methyl sites for hydroxylation is 2. The van der Waals surface area contributed by atoms with Crippen molar-refractivity contribution in [3.8, 4) is 0 Å². The van der Waals surface area contributed by atoms with E-state index in [-0.39, 0.29) is 23.1 Å². The Morgan fingerprint density at radius 1 is 1.29 bits per heavy atom. The van der Waals surface area contributed by atoms with E-state index in [1.807, 2.05) is 37.3 Å². The van der Waals surface area contributed by atoms with Crippen LogP contribution in [0.3, 0.4) is 0 Å². The molecule has 0 aliphatic heterocycles. The molecular weight excluding hydrogens is 322 g/mol. The number of nitrogens with zero attached hydrogens (tertiary/aromatic N) is 2. The molecule has 1 unspecified atom stereocenters. The predicted octanol–water partition coefficient (Wildman–Crippen LogP) is 2.74. The normalized spacial score (nSPS) is 14.5. The van der Waals surface area contributed by atoms with Crippen molar-refractivity contribution in [2.45, 2.75) is 32.2 Å². The highest BCUT2D eigenvalue weighted by atomic mass is 32.1. The molecule has 0 spiro atoms. The third-order valence-electron chi connectivity index (χ3n) is 4.44. The molecule has 4 rings (SSSR count). The zero-order chi connectivity index (χ0) is 16.7. The number of hydrogen-bond donors (Lipinski definition) is 1. The van der Waals surface area contributed by atoms with Crippen molar-refractivity contribution < 1.29 is 4.79 Å². The SMILES string of the molecule is CC(NC(=O)c1cnc2sc3c(n2c1=O)CCC3)c1ccccc1. The van der Waals surface area contributed by atoms with E-state index < -0.39 is 0 Å². The fourth-order valence-corrected chi connectivity index (χ4v) is 4.33. The summed E-state index contributed by atoms with van der Waals surface area (Å²) < 4.78 is 1.62. The van der Waals surface area contributed by atoms with E-state index in [0.29, 0.717) is 4.96 Å². The van der Waals surface area contributed by atoms with Crippen LogP contribution < -0.4 is 10.9 Å². The zero-order valence-corrected chi connectivity index (χ0v) is 14.1. The monoisotopic (exact) mass is 339 g/mol. The van der Waals surface area contributed by atoms with Gasteiger partial charge in [-0.2, -0.15) is 0 Å². The largest absolute Gasteiger partial charge is 0.345 e. The Hall–Kier alpha value is -2.47. The molecule has 3 aromatic rings. The van der Waals surface area contributed by atoms with Crippen molar-refractivity contribution in [2.75, 3.05) is 0 Å². The van der Waals surface area contributed by atoms with Gasteiger partial charge in [-0.3, -0.25) is 14.0 Å². The van der Waals surface area contributed by atoms with E-state index in [1.165, 1.54) is 11.1 Å². The minimum absolute atomic E-state index is 0.0998. The Labute approximate surface area is 143 Å². The van der Waals surface area contributed by atoms with Crippen molar-refractivity contribution in [2.24, 2.45) is 0 Å². The van der Waals surface area contributed by atoms with E-state index in [1.54, 1.807) is 15.7 Å². The van der Waals surface area contributed by atoms with Gasteiger partial charge in [-0.1, -0.05) is 30.3 Å². The number of benzene rings is 1. The Balaban J connectivity index is 1.68. The van der Waals surface area contributed by atoms with Crippen molar-refractivity contribution in [3.63, 3.8) is 0 Å². The number of fused-ring (bicyclic) bond motifs is 3. The minimum atomic E-state index is -0.379. The van der Waals surface area contributed by atoms with Gasteiger partial charge in [0.2, 0.25) is 0 Å². The summed E-state index contributed by atoms with van der Waals surface area (Å²) in [6.07, 6.45) is 4.33. The number of carbonyl (C=O) groups is 1. The first-order valence-electron chi connectivity index (χ1n) is 8.03. The van der Waals surface area contributed by atoms with E-state index in [2.05, 4.69) is 10.3 Å². The third-order valence-corrected chi connectivity index (χ3v) is 5.60. The number of nitrogens with one attached hydrogen (secondary N) is 1. The maximum absolute atomic E-state index is 12.8. The first kappa shape index (κ1) is 15.1. The molecule has 1 atom stereocenters. The van der Waals surface area contributed by atoms with Crippen LogP contribution in [0.5, 0.6) is 0 Å². The highest BCUT2D eigenvalue weighted by molar-refractivity contribution is 7.17. The average Bonchev–Trinajstić information content (AvgIpc) is 3.16. The molecule has 1 aliphatic rings. The first-order valence-corrected chi connectivity index (χ1v) is 8.85. The van der Waals surface area contributed by atoms with Gasteiger partial charge in [0.25, 0.3) is 11.5 Å². The molecule has 1 N–H and O–H groups in total. The quantitative estimate of drug-likeness (QED) is 0.798. The molecule has 122 valence electrons. The minimum Gasteiger partial charge on any atom is -0.345 e. The number of aromatic nitrogens is 2. The lowest BCUT2D eigenvalue weighted by molar-refractivity contribution is 0.0938. The predicted molar refractivity (Wildman–Crippen MR) is 93.7 cm³/mol. The highest BCUT2D eigenvalue weighted by Gasteiger charge is 2.23. The third kappa shape index (κ3) is 2.43. The Kier molecular flexibility index (Phi) is 3.69. The second kappa shape index (κ2) is 5.87. The van der Waals surface area contributed by atoms with Crippen LogP contribution in [-0.4, -0.2) is 15.3 Å². The molecule has 0 bridgehead atoms. The summed E-state index contributed by atoms with van der Waals surface area (Å²) in [4.78, 5) is 31.6. The summed E-state index contributed by atoms with van der Waals surface area (Å²) >= 11 is 1.55. The summed E-state index contributed by atoms with van der Waals surface area (Å²) in [5, 5.41) is 2.89. The number of thiazole rings is 1. The summed E-state index contributed by atoms with van der Waals surface area (Å²) in [7, 11) is 0. The lowest BCUT2D eigenvalue weighted by Gasteiger charge is -2.14. The molecule has 0 saturated carbocycles. The molecule has 2 aromatic heterocycles. The van der Waals surface area contributed by atoms with E-state index in [4.69, 9.17) is 0 Å². The van der Waals surface area contributed by atoms with Crippen LogP contribution >= 0.6 is 11.3 Å². The van der Waals surface area contributed by atoms with Crippen molar-refractivity contribution in [1.82, 2.24) is 14.7 Å². The molecule has 24 heavy (non-hydrogen) atoms. The van der Waals surface area contributed by atoms with Crippen molar-refractivity contribution in [1.29, 1.82) is 0 Å². The fraction of sp³-hybridized carbons (Fsp3) is 0.278. The average molecular weight is 339 g/mol. The van der Waals surface area contributed by atoms with Gasteiger partial charge in [0.15, 0.2) is 4.96 Å². The molecular formula is C18H17N3O2S. The van der Waals surface area contributed by atoms with Gasteiger partial charge in [-0.05, 0) is 31.7 Å². The van der Waals surface area contributed by atoms with E-state index >= 15 is 0 Å². The van der Waals surface area contributed by atoms with Gasteiger partial charge < -0.3 is 5.32 Å². The van der Waals surface area contributed by atoms with Crippen molar-refractivity contribution in [3.05, 3.63) is 68.6 Å². The Morgan fingerprint density at radius 3 is 2.88 bits per heavy atom. The standard InChI is InChI=1S/C18H17N3O2S/c1-11(12-6-3-2-4-7-12)20-16(22)13-10-19-18-21(17(13)23)14-8-5-9-15(14)24-18/h2-4,6-7,10-11H,5,8-9H2,1H3,(H,20,22). The molecule has 5 nitrogen and oxygen atoms in total. The van der Waals surface area contributed by atoms with Crippen LogP contribution in [0.4, 0.5) is 0 Å². The van der Waals surface area contributed by atoms with Crippen LogP contribution in [0.15, 0.2) is 41.3 Å². The maximum Gasteiger partial charge on any atom is 0.271 e. The number of hydrogen-bond acceptors (Lipinski definition) is 4.